The molecule has 5 nitrogen and oxygen atoms in total. The summed E-state index contributed by atoms with van der Waals surface area (Å²) in [6, 6.07) is 7.90. The molecule has 0 bridgehead atoms. The molecule has 2 N–H and O–H groups in total. The van der Waals surface area contributed by atoms with Crippen molar-refractivity contribution in [1.29, 1.82) is 0 Å². The van der Waals surface area contributed by atoms with E-state index in [1.807, 2.05) is 24.3 Å². The van der Waals surface area contributed by atoms with E-state index in [1.165, 1.54) is 5.69 Å². The fraction of sp³-hybridized carbons (Fsp3) is 0.500. The van der Waals surface area contributed by atoms with Crippen LogP contribution in [-0.2, 0) is 4.79 Å². The number of likely N-dealkylation sites (N-methyl/N-ethyl adjacent to an activating group) is 1. The van der Waals surface area contributed by atoms with Gasteiger partial charge in [0.15, 0.2) is 6.10 Å². The lowest BCUT2D eigenvalue weighted by Gasteiger charge is -2.29. The van der Waals surface area contributed by atoms with E-state index in [4.69, 9.17) is 4.74 Å². The third-order valence-electron chi connectivity index (χ3n) is 3.25. The van der Waals surface area contributed by atoms with Crippen molar-refractivity contribution in [3.63, 3.8) is 0 Å². The summed E-state index contributed by atoms with van der Waals surface area (Å²) >= 11 is 0. The first-order valence-corrected chi connectivity index (χ1v) is 6.64. The van der Waals surface area contributed by atoms with Gasteiger partial charge in [-0.3, -0.25) is 4.79 Å². The number of amides is 1. The van der Waals surface area contributed by atoms with E-state index < -0.39 is 6.10 Å². The first-order chi connectivity index (χ1) is 9.20. The number of carbonyl (C=O) groups is 1. The predicted molar refractivity (Wildman–Crippen MR) is 75.7 cm³/mol. The molecule has 1 heterocycles. The smallest absolute Gasteiger partial charge is 0.260 e. The minimum absolute atomic E-state index is 0.119. The zero-order valence-corrected chi connectivity index (χ0v) is 11.5. The Morgan fingerprint density at radius 2 is 1.95 bits per heavy atom. The standard InChI is InChI=1S/C14H21N3O2/c1-11(14(18)15-2)19-13-5-3-12(4-6-13)17-9-7-16-8-10-17/h3-6,11,16H,7-10H2,1-2H3,(H,15,18). The molecule has 0 aliphatic carbocycles. The maximum atomic E-state index is 11.4. The quantitative estimate of drug-likeness (QED) is 0.836. The number of carbonyl (C=O) groups excluding carboxylic acids is 1. The summed E-state index contributed by atoms with van der Waals surface area (Å²) in [7, 11) is 1.61. The molecule has 1 fully saturated rings. The molecule has 2 rings (SSSR count). The van der Waals surface area contributed by atoms with E-state index in [2.05, 4.69) is 15.5 Å². The fourth-order valence-corrected chi connectivity index (χ4v) is 2.12. The normalized spacial score (nSPS) is 16.8. The SMILES string of the molecule is CNC(=O)C(C)Oc1ccc(N2CCNCC2)cc1. The number of ether oxygens (including phenoxy) is 1. The third-order valence-corrected chi connectivity index (χ3v) is 3.25. The summed E-state index contributed by atoms with van der Waals surface area (Å²) in [6.45, 7) is 5.82. The molecular formula is C14H21N3O2. The van der Waals surface area contributed by atoms with Gasteiger partial charge in [-0.2, -0.15) is 0 Å². The van der Waals surface area contributed by atoms with Crippen LogP contribution in [-0.4, -0.2) is 45.2 Å². The van der Waals surface area contributed by atoms with Crippen molar-refractivity contribution in [2.75, 3.05) is 38.1 Å². The van der Waals surface area contributed by atoms with Crippen molar-refractivity contribution in [3.05, 3.63) is 24.3 Å². The molecule has 104 valence electrons. The van der Waals surface area contributed by atoms with Gasteiger partial charge in [0, 0.05) is 38.9 Å². The molecule has 1 atom stereocenters. The second kappa shape index (κ2) is 6.43. The molecule has 19 heavy (non-hydrogen) atoms. The zero-order valence-electron chi connectivity index (χ0n) is 11.5. The molecule has 1 unspecified atom stereocenters. The van der Waals surface area contributed by atoms with Crippen LogP contribution in [0.2, 0.25) is 0 Å². The Hall–Kier alpha value is -1.75. The van der Waals surface area contributed by atoms with Crippen molar-refractivity contribution in [2.24, 2.45) is 0 Å². The number of benzene rings is 1. The predicted octanol–water partition coefficient (Wildman–Crippen LogP) is 0.610. The van der Waals surface area contributed by atoms with Crippen molar-refractivity contribution in [1.82, 2.24) is 10.6 Å². The van der Waals surface area contributed by atoms with E-state index in [-0.39, 0.29) is 5.91 Å². The number of anilines is 1. The first kappa shape index (κ1) is 13.7. The lowest BCUT2D eigenvalue weighted by atomic mass is 10.2. The van der Waals surface area contributed by atoms with Crippen LogP contribution < -0.4 is 20.3 Å². The Bertz CT molecular complexity index is 413. The van der Waals surface area contributed by atoms with Crippen molar-refractivity contribution in [3.8, 4) is 5.75 Å². The molecule has 1 amide bonds. The van der Waals surface area contributed by atoms with Crippen LogP contribution in [0.5, 0.6) is 5.75 Å². The fourth-order valence-electron chi connectivity index (χ4n) is 2.12. The minimum atomic E-state index is -0.477. The van der Waals surface area contributed by atoms with Crippen LogP contribution in [0.3, 0.4) is 0 Å². The summed E-state index contributed by atoms with van der Waals surface area (Å²) in [5, 5.41) is 5.90. The largest absolute Gasteiger partial charge is 0.481 e. The Kier molecular flexibility index (Phi) is 4.63. The number of nitrogens with one attached hydrogen (secondary N) is 2. The van der Waals surface area contributed by atoms with Gasteiger partial charge in [0.1, 0.15) is 5.75 Å². The van der Waals surface area contributed by atoms with E-state index in [1.54, 1.807) is 14.0 Å². The van der Waals surface area contributed by atoms with Gasteiger partial charge in [-0.25, -0.2) is 0 Å². The van der Waals surface area contributed by atoms with Gasteiger partial charge in [0.25, 0.3) is 5.91 Å². The highest BCUT2D eigenvalue weighted by Crippen LogP contribution is 2.20. The third kappa shape index (κ3) is 3.61. The van der Waals surface area contributed by atoms with Gasteiger partial charge in [-0.1, -0.05) is 0 Å². The second-order valence-corrected chi connectivity index (χ2v) is 4.61. The topological polar surface area (TPSA) is 53.6 Å². The molecule has 0 aromatic heterocycles. The first-order valence-electron chi connectivity index (χ1n) is 6.64. The van der Waals surface area contributed by atoms with Crippen LogP contribution in [0.4, 0.5) is 5.69 Å². The van der Waals surface area contributed by atoms with Gasteiger partial charge < -0.3 is 20.3 Å². The summed E-state index contributed by atoms with van der Waals surface area (Å²) in [5.41, 5.74) is 1.20. The maximum absolute atomic E-state index is 11.4. The number of nitrogens with zero attached hydrogens (tertiary/aromatic N) is 1. The highest BCUT2D eigenvalue weighted by Gasteiger charge is 2.13. The van der Waals surface area contributed by atoms with E-state index in [9.17, 15) is 4.79 Å². The molecule has 0 saturated carbocycles. The molecular weight excluding hydrogens is 242 g/mol. The van der Waals surface area contributed by atoms with Gasteiger partial charge >= 0.3 is 0 Å². The average Bonchev–Trinajstić information content (AvgIpc) is 2.48. The van der Waals surface area contributed by atoms with Crippen LogP contribution in [0.25, 0.3) is 0 Å². The minimum Gasteiger partial charge on any atom is -0.481 e. The van der Waals surface area contributed by atoms with Crippen molar-refractivity contribution < 1.29 is 9.53 Å². The molecule has 1 aliphatic heterocycles. The number of hydrogen-bond acceptors (Lipinski definition) is 4. The van der Waals surface area contributed by atoms with E-state index in [0.29, 0.717) is 0 Å². The van der Waals surface area contributed by atoms with Gasteiger partial charge in [-0.15, -0.1) is 0 Å². The van der Waals surface area contributed by atoms with Gasteiger partial charge in [0.2, 0.25) is 0 Å². The second-order valence-electron chi connectivity index (χ2n) is 4.61. The van der Waals surface area contributed by atoms with Crippen molar-refractivity contribution >= 4 is 11.6 Å². The number of rotatable bonds is 4. The summed E-state index contributed by atoms with van der Waals surface area (Å²) in [6.07, 6.45) is -0.477. The van der Waals surface area contributed by atoms with Crippen LogP contribution in [0.15, 0.2) is 24.3 Å². The van der Waals surface area contributed by atoms with Crippen LogP contribution in [0, 0.1) is 0 Å². The molecule has 5 heteroatoms. The Labute approximate surface area is 113 Å². The maximum Gasteiger partial charge on any atom is 0.260 e. The summed E-state index contributed by atoms with van der Waals surface area (Å²) in [4.78, 5) is 13.7. The summed E-state index contributed by atoms with van der Waals surface area (Å²) < 4.78 is 5.57. The Morgan fingerprint density at radius 1 is 1.32 bits per heavy atom. The van der Waals surface area contributed by atoms with Crippen LogP contribution >= 0.6 is 0 Å². The monoisotopic (exact) mass is 263 g/mol. The molecule has 1 aromatic rings. The Morgan fingerprint density at radius 3 is 2.53 bits per heavy atom. The summed E-state index contributed by atoms with van der Waals surface area (Å²) in [5.74, 6) is 0.598. The van der Waals surface area contributed by atoms with Gasteiger partial charge in [-0.05, 0) is 31.2 Å². The van der Waals surface area contributed by atoms with E-state index >= 15 is 0 Å². The lowest BCUT2D eigenvalue weighted by molar-refractivity contribution is -0.126. The highest BCUT2D eigenvalue weighted by molar-refractivity contribution is 5.80. The Balaban J connectivity index is 1.96. The van der Waals surface area contributed by atoms with Crippen molar-refractivity contribution in [2.45, 2.75) is 13.0 Å². The number of piperazine rings is 1. The average molecular weight is 263 g/mol. The highest BCUT2D eigenvalue weighted by atomic mass is 16.5. The van der Waals surface area contributed by atoms with Gasteiger partial charge in [0.05, 0.1) is 0 Å². The lowest BCUT2D eigenvalue weighted by Crippen LogP contribution is -2.43. The van der Waals surface area contributed by atoms with E-state index in [0.717, 1.165) is 31.9 Å². The number of hydrogen-bond donors (Lipinski definition) is 2. The van der Waals surface area contributed by atoms with Crippen LogP contribution in [0.1, 0.15) is 6.92 Å². The molecule has 0 radical (unpaired) electrons. The molecule has 1 aromatic carbocycles. The zero-order chi connectivity index (χ0) is 13.7. The molecule has 1 aliphatic rings. The molecule has 0 spiro atoms. The molecule has 1 saturated heterocycles.